The highest BCUT2D eigenvalue weighted by molar-refractivity contribution is 5.94. The number of rotatable bonds is 4. The second-order valence-electron chi connectivity index (χ2n) is 6.25. The summed E-state index contributed by atoms with van der Waals surface area (Å²) in [5, 5.41) is 8.83. The topological polar surface area (TPSA) is 82.0 Å². The highest BCUT2D eigenvalue weighted by Crippen LogP contribution is 2.30. The summed E-state index contributed by atoms with van der Waals surface area (Å²) in [7, 11) is 1.81. The van der Waals surface area contributed by atoms with Gasteiger partial charge in [-0.1, -0.05) is 6.92 Å². The van der Waals surface area contributed by atoms with Gasteiger partial charge in [0.2, 0.25) is 0 Å². The number of carbonyl (C=O) groups excluding carboxylic acids is 1. The monoisotopic (exact) mass is 340 g/mol. The van der Waals surface area contributed by atoms with E-state index in [9.17, 15) is 4.79 Å². The molecule has 0 aliphatic carbocycles. The van der Waals surface area contributed by atoms with Crippen molar-refractivity contribution in [2.24, 2.45) is 7.05 Å². The summed E-state index contributed by atoms with van der Waals surface area (Å²) in [4.78, 5) is 18.9. The standard InChI is InChI=1S/C17H20N6O2/c1-3-5-23-15-4-6-22(17(24)12-7-19-21(2)8-12)9-13(15)16(20-23)14-10-25-11-18-14/h7-8,10-11H,3-6,9H2,1-2H3. The van der Waals surface area contributed by atoms with Gasteiger partial charge in [0.15, 0.2) is 6.39 Å². The predicted molar refractivity (Wildman–Crippen MR) is 89.7 cm³/mol. The quantitative estimate of drug-likeness (QED) is 0.724. The molecule has 0 spiro atoms. The number of carbonyl (C=O) groups is 1. The van der Waals surface area contributed by atoms with Crippen LogP contribution < -0.4 is 0 Å². The Labute approximate surface area is 145 Å². The molecule has 1 aliphatic heterocycles. The fourth-order valence-electron chi connectivity index (χ4n) is 3.31. The molecule has 1 amide bonds. The van der Waals surface area contributed by atoms with Gasteiger partial charge in [-0.25, -0.2) is 4.98 Å². The fraction of sp³-hybridized carbons (Fsp3) is 0.412. The number of oxazole rings is 1. The van der Waals surface area contributed by atoms with Gasteiger partial charge in [-0.3, -0.25) is 14.2 Å². The third kappa shape index (κ3) is 2.73. The van der Waals surface area contributed by atoms with Crippen LogP contribution in [0.25, 0.3) is 11.4 Å². The summed E-state index contributed by atoms with van der Waals surface area (Å²) in [6.07, 6.45) is 8.15. The van der Waals surface area contributed by atoms with Crippen LogP contribution >= 0.6 is 0 Å². The summed E-state index contributed by atoms with van der Waals surface area (Å²) >= 11 is 0. The largest absolute Gasteiger partial charge is 0.451 e. The van der Waals surface area contributed by atoms with Crippen molar-refractivity contribution in [1.29, 1.82) is 0 Å². The molecule has 8 heteroatoms. The van der Waals surface area contributed by atoms with Gasteiger partial charge < -0.3 is 9.32 Å². The van der Waals surface area contributed by atoms with Gasteiger partial charge in [0, 0.05) is 44.0 Å². The van der Waals surface area contributed by atoms with Crippen LogP contribution in [0.2, 0.25) is 0 Å². The fourth-order valence-corrected chi connectivity index (χ4v) is 3.31. The molecule has 0 atom stereocenters. The molecule has 25 heavy (non-hydrogen) atoms. The summed E-state index contributed by atoms with van der Waals surface area (Å²) in [6, 6.07) is 0. The summed E-state index contributed by atoms with van der Waals surface area (Å²) < 4.78 is 8.81. The van der Waals surface area contributed by atoms with E-state index < -0.39 is 0 Å². The molecule has 1 aliphatic rings. The maximum Gasteiger partial charge on any atom is 0.257 e. The maximum absolute atomic E-state index is 12.8. The number of amides is 1. The van der Waals surface area contributed by atoms with Gasteiger partial charge in [0.1, 0.15) is 17.7 Å². The first-order valence-electron chi connectivity index (χ1n) is 8.42. The molecule has 4 rings (SSSR count). The minimum atomic E-state index is -0.00639. The Balaban J connectivity index is 1.68. The third-order valence-electron chi connectivity index (χ3n) is 4.48. The first-order valence-corrected chi connectivity index (χ1v) is 8.42. The van der Waals surface area contributed by atoms with E-state index in [1.165, 1.54) is 12.1 Å². The number of fused-ring (bicyclic) bond motifs is 1. The number of hydrogen-bond acceptors (Lipinski definition) is 5. The second-order valence-corrected chi connectivity index (χ2v) is 6.25. The minimum absolute atomic E-state index is 0.00639. The molecule has 4 heterocycles. The molecule has 0 aromatic carbocycles. The Kier molecular flexibility index (Phi) is 3.87. The summed E-state index contributed by atoms with van der Waals surface area (Å²) in [6.45, 7) is 4.19. The van der Waals surface area contributed by atoms with Crippen molar-refractivity contribution in [3.05, 3.63) is 41.9 Å². The van der Waals surface area contributed by atoms with Crippen molar-refractivity contribution in [2.75, 3.05) is 6.54 Å². The summed E-state index contributed by atoms with van der Waals surface area (Å²) in [5.41, 5.74) is 4.37. The minimum Gasteiger partial charge on any atom is -0.451 e. The van der Waals surface area contributed by atoms with Gasteiger partial charge in [0.25, 0.3) is 5.91 Å². The Morgan fingerprint density at radius 2 is 2.28 bits per heavy atom. The van der Waals surface area contributed by atoms with E-state index in [2.05, 4.69) is 17.0 Å². The van der Waals surface area contributed by atoms with Crippen LogP contribution in [0, 0.1) is 0 Å². The second kappa shape index (κ2) is 6.19. The Hall–Kier alpha value is -2.90. The van der Waals surface area contributed by atoms with Gasteiger partial charge >= 0.3 is 0 Å². The lowest BCUT2D eigenvalue weighted by atomic mass is 10.0. The number of aromatic nitrogens is 5. The van der Waals surface area contributed by atoms with Crippen LogP contribution in [0.4, 0.5) is 0 Å². The van der Waals surface area contributed by atoms with Crippen LogP contribution in [0.5, 0.6) is 0 Å². The predicted octanol–water partition coefficient (Wildman–Crippen LogP) is 1.88. The van der Waals surface area contributed by atoms with Gasteiger partial charge in [-0.15, -0.1) is 0 Å². The van der Waals surface area contributed by atoms with E-state index in [-0.39, 0.29) is 5.91 Å². The first-order chi connectivity index (χ1) is 12.2. The zero-order valence-electron chi connectivity index (χ0n) is 14.3. The lowest BCUT2D eigenvalue weighted by molar-refractivity contribution is 0.0733. The molecule has 8 nitrogen and oxygen atoms in total. The van der Waals surface area contributed by atoms with E-state index in [0.717, 1.165) is 30.6 Å². The van der Waals surface area contributed by atoms with Crippen LogP contribution in [0.3, 0.4) is 0 Å². The van der Waals surface area contributed by atoms with Crippen LogP contribution in [0.15, 0.2) is 29.5 Å². The van der Waals surface area contributed by atoms with E-state index in [1.807, 2.05) is 16.6 Å². The molecule has 0 radical (unpaired) electrons. The zero-order chi connectivity index (χ0) is 17.4. The number of aryl methyl sites for hydroxylation is 2. The van der Waals surface area contributed by atoms with E-state index >= 15 is 0 Å². The average Bonchev–Trinajstić information content (AvgIpc) is 3.34. The SMILES string of the molecule is CCCn1nc(-c2cocn2)c2c1CCN(C(=O)c1cnn(C)c1)C2. The average molecular weight is 340 g/mol. The van der Waals surface area contributed by atoms with Crippen LogP contribution in [0.1, 0.15) is 35.0 Å². The van der Waals surface area contributed by atoms with E-state index in [0.29, 0.717) is 24.3 Å². The molecule has 0 saturated heterocycles. The number of hydrogen-bond donors (Lipinski definition) is 0. The van der Waals surface area contributed by atoms with Crippen molar-refractivity contribution in [2.45, 2.75) is 32.9 Å². The first kappa shape index (κ1) is 15.6. The molecule has 0 unspecified atom stereocenters. The molecular weight excluding hydrogens is 320 g/mol. The normalized spacial score (nSPS) is 13.9. The third-order valence-corrected chi connectivity index (χ3v) is 4.48. The molecule has 0 fully saturated rings. The lowest BCUT2D eigenvalue weighted by Crippen LogP contribution is -2.36. The van der Waals surface area contributed by atoms with Crippen molar-refractivity contribution >= 4 is 5.91 Å². The van der Waals surface area contributed by atoms with Crippen molar-refractivity contribution < 1.29 is 9.21 Å². The van der Waals surface area contributed by atoms with Gasteiger partial charge in [-0.2, -0.15) is 10.2 Å². The van der Waals surface area contributed by atoms with Crippen molar-refractivity contribution in [3.8, 4) is 11.4 Å². The van der Waals surface area contributed by atoms with Crippen LogP contribution in [-0.2, 0) is 26.6 Å². The summed E-state index contributed by atoms with van der Waals surface area (Å²) in [5.74, 6) is -0.00639. The van der Waals surface area contributed by atoms with Crippen molar-refractivity contribution in [1.82, 2.24) is 29.4 Å². The number of nitrogens with zero attached hydrogens (tertiary/aromatic N) is 6. The van der Waals surface area contributed by atoms with Gasteiger partial charge in [-0.05, 0) is 6.42 Å². The van der Waals surface area contributed by atoms with Crippen LogP contribution in [-0.4, -0.2) is 41.9 Å². The molecule has 130 valence electrons. The Morgan fingerprint density at radius 1 is 1.40 bits per heavy atom. The Bertz CT molecular complexity index is 893. The highest BCUT2D eigenvalue weighted by Gasteiger charge is 2.29. The maximum atomic E-state index is 12.8. The molecule has 0 saturated carbocycles. The van der Waals surface area contributed by atoms with E-state index in [4.69, 9.17) is 9.52 Å². The van der Waals surface area contributed by atoms with Gasteiger partial charge in [0.05, 0.1) is 18.3 Å². The van der Waals surface area contributed by atoms with Crippen molar-refractivity contribution in [3.63, 3.8) is 0 Å². The Morgan fingerprint density at radius 3 is 2.96 bits per heavy atom. The molecule has 3 aromatic rings. The zero-order valence-corrected chi connectivity index (χ0v) is 14.3. The lowest BCUT2D eigenvalue weighted by Gasteiger charge is -2.27. The molecular formula is C17H20N6O2. The highest BCUT2D eigenvalue weighted by atomic mass is 16.3. The molecule has 0 N–H and O–H groups in total. The van der Waals surface area contributed by atoms with E-state index in [1.54, 1.807) is 23.3 Å². The molecule has 3 aromatic heterocycles. The smallest absolute Gasteiger partial charge is 0.257 e. The molecule has 0 bridgehead atoms.